The topological polar surface area (TPSA) is 68.5 Å². The molecule has 0 aliphatic heterocycles. The third-order valence-electron chi connectivity index (χ3n) is 4.45. The minimum Gasteiger partial charge on any atom is -0.359 e. The molecule has 1 fully saturated rings. The lowest BCUT2D eigenvalue weighted by atomic mass is 10.1. The van der Waals surface area contributed by atoms with Crippen molar-refractivity contribution in [1.29, 1.82) is 0 Å². The molecule has 4 rings (SSSR count). The minimum atomic E-state index is 0.175. The highest BCUT2D eigenvalue weighted by Crippen LogP contribution is 2.42. The van der Waals surface area contributed by atoms with Crippen LogP contribution in [0.4, 0.5) is 5.82 Å². The molecular weight excluding hydrogens is 288 g/mol. The lowest BCUT2D eigenvalue weighted by Crippen LogP contribution is -2.18. The molecule has 0 bridgehead atoms. The third-order valence-corrected chi connectivity index (χ3v) is 4.45. The molecular formula is C17H20N6. The molecule has 23 heavy (non-hydrogen) atoms. The summed E-state index contributed by atoms with van der Waals surface area (Å²) in [6.45, 7) is 4.07. The molecule has 0 spiro atoms. The van der Waals surface area contributed by atoms with Gasteiger partial charge in [0, 0.05) is 25.1 Å². The average molecular weight is 308 g/mol. The van der Waals surface area contributed by atoms with Gasteiger partial charge in [0.05, 0.1) is 11.4 Å². The predicted molar refractivity (Wildman–Crippen MR) is 89.1 cm³/mol. The molecule has 0 radical (unpaired) electrons. The minimum absolute atomic E-state index is 0.175. The fourth-order valence-corrected chi connectivity index (χ4v) is 3.17. The standard InChI is InChI=1S/C17H20N6/c1-10-8-11(2)21-15-13(10)16(20-9-19-15)22-14(12-4-5-12)17-18-6-7-23(17)3/h6-9,12,14H,4-5H2,1-3H3,(H,19,20,21,22)/t14-/m0/s1. The Kier molecular flexibility index (Phi) is 3.25. The molecule has 3 aromatic rings. The Morgan fingerprint density at radius 1 is 1.22 bits per heavy atom. The number of hydrogen-bond acceptors (Lipinski definition) is 5. The molecule has 0 saturated heterocycles. The summed E-state index contributed by atoms with van der Waals surface area (Å²) < 4.78 is 2.08. The second-order valence-corrected chi connectivity index (χ2v) is 6.36. The van der Waals surface area contributed by atoms with Gasteiger partial charge in [0.1, 0.15) is 18.0 Å². The molecule has 3 aromatic heterocycles. The van der Waals surface area contributed by atoms with Crippen molar-refractivity contribution in [3.63, 3.8) is 0 Å². The maximum atomic E-state index is 4.53. The number of pyridine rings is 1. The number of aromatic nitrogens is 5. The van der Waals surface area contributed by atoms with Crippen LogP contribution in [0.15, 0.2) is 24.8 Å². The van der Waals surface area contributed by atoms with Crippen LogP contribution < -0.4 is 5.32 Å². The number of imidazole rings is 1. The summed E-state index contributed by atoms with van der Waals surface area (Å²) in [5, 5.41) is 4.61. The molecule has 118 valence electrons. The number of hydrogen-bond donors (Lipinski definition) is 1. The van der Waals surface area contributed by atoms with Gasteiger partial charge in [0.15, 0.2) is 5.65 Å². The van der Waals surface area contributed by atoms with Gasteiger partial charge in [-0.15, -0.1) is 0 Å². The SMILES string of the molecule is Cc1cc(C)c2c(N[C@H](c3nccn3C)C3CC3)ncnc2n1. The second-order valence-electron chi connectivity index (χ2n) is 6.36. The van der Waals surface area contributed by atoms with Crippen molar-refractivity contribution in [2.45, 2.75) is 32.7 Å². The van der Waals surface area contributed by atoms with Crippen LogP contribution in [0.25, 0.3) is 11.0 Å². The molecule has 1 aliphatic rings. The van der Waals surface area contributed by atoms with Gasteiger partial charge in [-0.05, 0) is 44.2 Å². The van der Waals surface area contributed by atoms with Crippen molar-refractivity contribution < 1.29 is 0 Å². The molecule has 0 amide bonds. The summed E-state index contributed by atoms with van der Waals surface area (Å²) in [5.74, 6) is 2.51. The number of aryl methyl sites for hydroxylation is 3. The molecule has 6 heteroatoms. The van der Waals surface area contributed by atoms with Gasteiger partial charge in [-0.3, -0.25) is 0 Å². The zero-order valence-electron chi connectivity index (χ0n) is 13.6. The Balaban J connectivity index is 1.78. The lowest BCUT2D eigenvalue weighted by Gasteiger charge is -2.20. The first kappa shape index (κ1) is 14.1. The normalized spacial score (nSPS) is 15.8. The summed E-state index contributed by atoms with van der Waals surface area (Å²) in [7, 11) is 2.04. The number of fused-ring (bicyclic) bond motifs is 1. The lowest BCUT2D eigenvalue weighted by molar-refractivity contribution is 0.605. The van der Waals surface area contributed by atoms with E-state index in [4.69, 9.17) is 0 Å². The molecule has 1 N–H and O–H groups in total. The van der Waals surface area contributed by atoms with E-state index in [2.05, 4.69) is 42.8 Å². The van der Waals surface area contributed by atoms with Crippen LogP contribution in [0.1, 0.15) is 36.0 Å². The smallest absolute Gasteiger partial charge is 0.165 e. The predicted octanol–water partition coefficient (Wildman–Crippen LogP) is 2.94. The van der Waals surface area contributed by atoms with Crippen LogP contribution >= 0.6 is 0 Å². The van der Waals surface area contributed by atoms with Gasteiger partial charge < -0.3 is 9.88 Å². The number of rotatable bonds is 4. The van der Waals surface area contributed by atoms with Gasteiger partial charge >= 0.3 is 0 Å². The van der Waals surface area contributed by atoms with Crippen molar-refractivity contribution in [2.24, 2.45) is 13.0 Å². The van der Waals surface area contributed by atoms with Crippen LogP contribution in [-0.4, -0.2) is 24.5 Å². The summed E-state index contributed by atoms with van der Waals surface area (Å²) >= 11 is 0. The van der Waals surface area contributed by atoms with Gasteiger partial charge in [-0.2, -0.15) is 0 Å². The number of anilines is 1. The zero-order chi connectivity index (χ0) is 16.0. The number of nitrogens with zero attached hydrogens (tertiary/aromatic N) is 5. The van der Waals surface area contributed by atoms with E-state index < -0.39 is 0 Å². The summed E-state index contributed by atoms with van der Waals surface area (Å²) in [5.41, 5.74) is 2.86. The van der Waals surface area contributed by atoms with E-state index in [0.29, 0.717) is 5.92 Å². The highest BCUT2D eigenvalue weighted by Gasteiger charge is 2.35. The molecule has 0 aromatic carbocycles. The monoisotopic (exact) mass is 308 g/mol. The maximum Gasteiger partial charge on any atom is 0.165 e. The van der Waals surface area contributed by atoms with E-state index in [0.717, 1.165) is 33.9 Å². The highest BCUT2D eigenvalue weighted by atomic mass is 15.1. The second kappa shape index (κ2) is 5.30. The molecule has 0 unspecified atom stereocenters. The van der Waals surface area contributed by atoms with Crippen LogP contribution in [0.5, 0.6) is 0 Å². The van der Waals surface area contributed by atoms with E-state index in [1.54, 1.807) is 6.33 Å². The van der Waals surface area contributed by atoms with Crippen molar-refractivity contribution in [3.8, 4) is 0 Å². The average Bonchev–Trinajstić information content (AvgIpc) is 3.26. The molecule has 1 saturated carbocycles. The Bertz CT molecular complexity index is 865. The van der Waals surface area contributed by atoms with Crippen LogP contribution in [0, 0.1) is 19.8 Å². The van der Waals surface area contributed by atoms with Crippen LogP contribution in [0.2, 0.25) is 0 Å². The first-order chi connectivity index (χ1) is 11.1. The Labute approximate surface area is 135 Å². The van der Waals surface area contributed by atoms with Crippen LogP contribution in [0.3, 0.4) is 0 Å². The zero-order valence-corrected chi connectivity index (χ0v) is 13.6. The van der Waals surface area contributed by atoms with Crippen molar-refractivity contribution in [2.75, 3.05) is 5.32 Å². The van der Waals surface area contributed by atoms with Crippen molar-refractivity contribution in [1.82, 2.24) is 24.5 Å². The summed E-state index contributed by atoms with van der Waals surface area (Å²) in [4.78, 5) is 17.9. The molecule has 1 aliphatic carbocycles. The fourth-order valence-electron chi connectivity index (χ4n) is 3.17. The van der Waals surface area contributed by atoms with E-state index >= 15 is 0 Å². The fraction of sp³-hybridized carbons (Fsp3) is 0.412. The molecule has 1 atom stereocenters. The van der Waals surface area contributed by atoms with Gasteiger partial charge in [-0.1, -0.05) is 0 Å². The third kappa shape index (κ3) is 2.54. The van der Waals surface area contributed by atoms with Gasteiger partial charge in [-0.25, -0.2) is 19.9 Å². The summed E-state index contributed by atoms with van der Waals surface area (Å²) in [6.07, 6.45) is 7.87. The largest absolute Gasteiger partial charge is 0.359 e. The first-order valence-corrected chi connectivity index (χ1v) is 7.96. The van der Waals surface area contributed by atoms with Crippen LogP contribution in [-0.2, 0) is 7.05 Å². The van der Waals surface area contributed by atoms with E-state index in [1.165, 1.54) is 12.8 Å². The number of nitrogens with one attached hydrogen (secondary N) is 1. The van der Waals surface area contributed by atoms with Gasteiger partial charge in [0.25, 0.3) is 0 Å². The Morgan fingerprint density at radius 2 is 2.04 bits per heavy atom. The van der Waals surface area contributed by atoms with Crippen molar-refractivity contribution in [3.05, 3.63) is 41.9 Å². The molecule has 3 heterocycles. The molecule has 6 nitrogen and oxygen atoms in total. The van der Waals surface area contributed by atoms with E-state index in [-0.39, 0.29) is 6.04 Å². The van der Waals surface area contributed by atoms with E-state index in [9.17, 15) is 0 Å². The highest BCUT2D eigenvalue weighted by molar-refractivity contribution is 5.89. The van der Waals surface area contributed by atoms with Gasteiger partial charge in [0.2, 0.25) is 0 Å². The maximum absolute atomic E-state index is 4.53. The van der Waals surface area contributed by atoms with Crippen molar-refractivity contribution >= 4 is 16.9 Å². The summed E-state index contributed by atoms with van der Waals surface area (Å²) in [6, 6.07) is 2.25. The quantitative estimate of drug-likeness (QED) is 0.802. The Hall–Kier alpha value is -2.50. The van der Waals surface area contributed by atoms with E-state index in [1.807, 2.05) is 26.4 Å². The first-order valence-electron chi connectivity index (χ1n) is 7.96. The Morgan fingerprint density at radius 3 is 2.74 bits per heavy atom.